The normalized spacial score (nSPS) is 11.7. The molecular formula is C19H11F9O2. The van der Waals surface area contributed by atoms with Crippen LogP contribution in [0.2, 0.25) is 0 Å². The van der Waals surface area contributed by atoms with Gasteiger partial charge in [-0.05, 0) is 42.3 Å². The molecule has 2 aromatic rings. The van der Waals surface area contributed by atoms with E-state index in [9.17, 15) is 39.5 Å². The topological polar surface area (TPSA) is 18.5 Å². The van der Waals surface area contributed by atoms with Crippen LogP contribution in [0.4, 0.5) is 39.5 Å². The van der Waals surface area contributed by atoms with Crippen molar-refractivity contribution in [2.75, 3.05) is 0 Å². The van der Waals surface area contributed by atoms with Crippen molar-refractivity contribution in [2.45, 2.75) is 18.5 Å². The molecule has 162 valence electrons. The first kappa shape index (κ1) is 23.2. The Hall–Kier alpha value is -3.11. The average Bonchev–Trinajstić information content (AvgIpc) is 2.67. The summed E-state index contributed by atoms with van der Waals surface area (Å²) in [4.78, 5) is 0. The molecule has 2 rings (SSSR count). The Labute approximate surface area is 163 Å². The number of halogens is 9. The van der Waals surface area contributed by atoms with Crippen LogP contribution >= 0.6 is 0 Å². The summed E-state index contributed by atoms with van der Waals surface area (Å²) in [6.45, 7) is 0.808. The minimum atomic E-state index is -4.87. The molecule has 0 N–H and O–H groups in total. The molecule has 0 saturated heterocycles. The van der Waals surface area contributed by atoms with E-state index in [1.807, 2.05) is 0 Å². The van der Waals surface area contributed by atoms with Crippen LogP contribution in [0.1, 0.15) is 18.1 Å². The van der Waals surface area contributed by atoms with Crippen molar-refractivity contribution in [3.63, 3.8) is 0 Å². The Morgan fingerprint density at radius 3 is 1.13 bits per heavy atom. The average molecular weight is 442 g/mol. The first-order valence-corrected chi connectivity index (χ1v) is 7.91. The summed E-state index contributed by atoms with van der Waals surface area (Å²) in [5, 5.41) is 0. The molecule has 0 aliphatic carbocycles. The van der Waals surface area contributed by atoms with Crippen LogP contribution in [0, 0.1) is 0 Å². The van der Waals surface area contributed by atoms with Gasteiger partial charge in [-0.1, -0.05) is 24.3 Å². The minimum absolute atomic E-state index is 0.359. The van der Waals surface area contributed by atoms with Crippen molar-refractivity contribution >= 4 is 0 Å². The predicted molar refractivity (Wildman–Crippen MR) is 87.3 cm³/mol. The minimum Gasteiger partial charge on any atom is -0.428 e. The van der Waals surface area contributed by atoms with E-state index >= 15 is 0 Å². The van der Waals surface area contributed by atoms with Crippen LogP contribution in [0.25, 0.3) is 0 Å². The number of rotatable bonds is 6. The lowest BCUT2D eigenvalue weighted by Crippen LogP contribution is -2.40. The molecule has 0 aliphatic rings. The summed E-state index contributed by atoms with van der Waals surface area (Å²) in [7, 11) is 0. The lowest BCUT2D eigenvalue weighted by molar-refractivity contribution is -0.173. The second-order valence-corrected chi connectivity index (χ2v) is 5.94. The standard InChI is InChI=1S/C19H11F9O2/c1-18(19(26,27)28,10-2-6-12(7-3-10)29-16(24)14(20)21)11-4-8-13(9-5-11)30-17(25)15(22)23/h2-9H,1H3. The highest BCUT2D eigenvalue weighted by Gasteiger charge is 2.53. The van der Waals surface area contributed by atoms with Crippen LogP contribution in [0.5, 0.6) is 11.5 Å². The van der Waals surface area contributed by atoms with E-state index in [0.29, 0.717) is 0 Å². The van der Waals surface area contributed by atoms with Crippen LogP contribution in [0.3, 0.4) is 0 Å². The molecule has 0 saturated carbocycles. The molecule has 0 radical (unpaired) electrons. The van der Waals surface area contributed by atoms with Gasteiger partial charge in [0.05, 0.1) is 0 Å². The summed E-state index contributed by atoms with van der Waals surface area (Å²) in [6, 6.07) is 2.68. The second-order valence-electron chi connectivity index (χ2n) is 5.94. The van der Waals surface area contributed by atoms with Crippen molar-refractivity contribution in [3.8, 4) is 11.5 Å². The molecule has 0 heterocycles. The molecule has 0 atom stereocenters. The summed E-state index contributed by atoms with van der Waals surface area (Å²) in [6.07, 6.45) is -10.3. The Morgan fingerprint density at radius 2 is 0.900 bits per heavy atom. The van der Waals surface area contributed by atoms with Gasteiger partial charge in [-0.2, -0.15) is 39.5 Å². The van der Waals surface area contributed by atoms with Gasteiger partial charge in [0, 0.05) is 0 Å². The zero-order valence-electron chi connectivity index (χ0n) is 14.8. The highest BCUT2D eigenvalue weighted by molar-refractivity contribution is 5.44. The van der Waals surface area contributed by atoms with E-state index < -0.39 is 47.3 Å². The maximum Gasteiger partial charge on any atom is 0.402 e. The second kappa shape index (κ2) is 8.72. The number of benzene rings is 2. The predicted octanol–water partition coefficient (Wildman–Crippen LogP) is 7.38. The first-order valence-electron chi connectivity index (χ1n) is 7.91. The summed E-state index contributed by atoms with van der Waals surface area (Å²) in [5.74, 6) is -0.930. The van der Waals surface area contributed by atoms with Gasteiger partial charge in [-0.3, -0.25) is 0 Å². The van der Waals surface area contributed by atoms with Crippen molar-refractivity contribution < 1.29 is 49.0 Å². The maximum atomic E-state index is 13.9. The lowest BCUT2D eigenvalue weighted by atomic mass is 9.75. The molecule has 0 spiro atoms. The van der Waals surface area contributed by atoms with Crippen molar-refractivity contribution in [1.82, 2.24) is 0 Å². The van der Waals surface area contributed by atoms with E-state index in [2.05, 4.69) is 9.47 Å². The van der Waals surface area contributed by atoms with E-state index in [4.69, 9.17) is 0 Å². The molecule has 2 aromatic carbocycles. The maximum absolute atomic E-state index is 13.9. The molecule has 30 heavy (non-hydrogen) atoms. The number of alkyl halides is 3. The van der Waals surface area contributed by atoms with Gasteiger partial charge in [0.1, 0.15) is 16.9 Å². The quantitative estimate of drug-likeness (QED) is 0.343. The van der Waals surface area contributed by atoms with Crippen molar-refractivity contribution in [3.05, 3.63) is 83.8 Å². The van der Waals surface area contributed by atoms with Crippen molar-refractivity contribution in [2.24, 2.45) is 0 Å². The summed E-state index contributed by atoms with van der Waals surface area (Å²) in [5.41, 5.74) is -3.37. The van der Waals surface area contributed by atoms with Crippen LogP contribution in [-0.4, -0.2) is 6.18 Å². The molecule has 0 aromatic heterocycles. The molecule has 0 amide bonds. The molecule has 0 aliphatic heterocycles. The van der Waals surface area contributed by atoms with Gasteiger partial charge in [-0.25, -0.2) is 0 Å². The Balaban J connectivity index is 2.41. The molecule has 0 bridgehead atoms. The van der Waals surface area contributed by atoms with Crippen LogP contribution in [0.15, 0.2) is 72.7 Å². The number of ether oxygens (including phenoxy) is 2. The van der Waals surface area contributed by atoms with Crippen LogP contribution < -0.4 is 9.47 Å². The van der Waals surface area contributed by atoms with Gasteiger partial charge in [-0.15, -0.1) is 0 Å². The first-order chi connectivity index (χ1) is 13.9. The van der Waals surface area contributed by atoms with Crippen LogP contribution in [-0.2, 0) is 5.41 Å². The Kier molecular flexibility index (Phi) is 6.73. The highest BCUT2D eigenvalue weighted by atomic mass is 19.4. The third-order valence-electron chi connectivity index (χ3n) is 4.14. The van der Waals surface area contributed by atoms with E-state index in [0.717, 1.165) is 55.5 Å². The fraction of sp³-hybridized carbons (Fsp3) is 0.158. The van der Waals surface area contributed by atoms with Gasteiger partial charge in [0.25, 0.3) is 0 Å². The van der Waals surface area contributed by atoms with Crippen molar-refractivity contribution in [1.29, 1.82) is 0 Å². The molecular weight excluding hydrogens is 431 g/mol. The number of hydrogen-bond donors (Lipinski definition) is 0. The summed E-state index contributed by atoms with van der Waals surface area (Å²) < 4.78 is 124. The van der Waals surface area contributed by atoms with Gasteiger partial charge < -0.3 is 9.47 Å². The van der Waals surface area contributed by atoms with Gasteiger partial charge in [0.2, 0.25) is 0 Å². The Morgan fingerprint density at radius 1 is 0.600 bits per heavy atom. The zero-order chi connectivity index (χ0) is 22.7. The Bertz CT molecular complexity index is 868. The van der Waals surface area contributed by atoms with E-state index in [-0.39, 0.29) is 11.1 Å². The monoisotopic (exact) mass is 442 g/mol. The molecule has 0 fully saturated rings. The third-order valence-corrected chi connectivity index (χ3v) is 4.14. The zero-order valence-corrected chi connectivity index (χ0v) is 14.8. The largest absolute Gasteiger partial charge is 0.428 e. The number of hydrogen-bond acceptors (Lipinski definition) is 2. The SMILES string of the molecule is CC(c1ccc(OC(F)=C(F)F)cc1)(c1ccc(OC(F)=C(F)F)cc1)C(F)(F)F. The molecule has 2 nitrogen and oxygen atoms in total. The van der Waals surface area contributed by atoms with E-state index in [1.54, 1.807) is 0 Å². The fourth-order valence-corrected chi connectivity index (χ4v) is 2.49. The lowest BCUT2D eigenvalue weighted by Gasteiger charge is -2.33. The van der Waals surface area contributed by atoms with Gasteiger partial charge >= 0.3 is 30.4 Å². The fourth-order valence-electron chi connectivity index (χ4n) is 2.49. The van der Waals surface area contributed by atoms with E-state index in [1.165, 1.54) is 0 Å². The molecule has 11 heteroatoms. The molecule has 0 unspecified atom stereocenters. The highest BCUT2D eigenvalue weighted by Crippen LogP contribution is 2.46. The summed E-state index contributed by atoms with van der Waals surface area (Å²) >= 11 is 0. The smallest absolute Gasteiger partial charge is 0.402 e. The van der Waals surface area contributed by atoms with Gasteiger partial charge in [0.15, 0.2) is 0 Å². The third kappa shape index (κ3) is 4.89.